The van der Waals surface area contributed by atoms with Gasteiger partial charge in [0.15, 0.2) is 11.5 Å². The number of rotatable bonds is 3. The summed E-state index contributed by atoms with van der Waals surface area (Å²) in [6.07, 6.45) is -4.19. The molecule has 0 aliphatic heterocycles. The molecule has 25 heavy (non-hydrogen) atoms. The molecule has 1 aromatic heterocycles. The molecule has 3 aromatic rings. The fourth-order valence-corrected chi connectivity index (χ4v) is 2.75. The van der Waals surface area contributed by atoms with Crippen LogP contribution in [-0.2, 0) is 12.6 Å². The molecule has 0 saturated heterocycles. The first-order valence-corrected chi connectivity index (χ1v) is 7.59. The molecule has 0 saturated carbocycles. The second-order valence-electron chi connectivity index (χ2n) is 5.86. The summed E-state index contributed by atoms with van der Waals surface area (Å²) in [5, 5.41) is 10.4. The van der Waals surface area contributed by atoms with Gasteiger partial charge in [-0.25, -0.2) is 0 Å². The third kappa shape index (κ3) is 3.47. The van der Waals surface area contributed by atoms with Gasteiger partial charge in [-0.1, -0.05) is 42.0 Å². The van der Waals surface area contributed by atoms with Crippen molar-refractivity contribution in [1.82, 2.24) is 0 Å². The van der Waals surface area contributed by atoms with E-state index in [1.165, 1.54) is 12.1 Å². The van der Waals surface area contributed by atoms with Gasteiger partial charge in [-0.05, 0) is 30.2 Å². The number of furan rings is 1. The van der Waals surface area contributed by atoms with Gasteiger partial charge in [0.05, 0.1) is 11.1 Å². The number of anilines is 1. The third-order valence-corrected chi connectivity index (χ3v) is 3.91. The summed E-state index contributed by atoms with van der Waals surface area (Å²) in [5.74, 6) is -0.131. The van der Waals surface area contributed by atoms with Crippen molar-refractivity contribution in [3.05, 3.63) is 71.0 Å². The molecule has 130 valence electrons. The first-order chi connectivity index (χ1) is 11.8. The van der Waals surface area contributed by atoms with Crippen LogP contribution >= 0.6 is 0 Å². The molecule has 0 bridgehead atoms. The number of aromatic hydroxyl groups is 1. The zero-order chi connectivity index (χ0) is 18.2. The molecule has 0 aliphatic rings. The molecule has 6 heteroatoms. The van der Waals surface area contributed by atoms with Crippen LogP contribution in [0.25, 0.3) is 11.1 Å². The number of hydrogen-bond donors (Lipinski definition) is 2. The summed E-state index contributed by atoms with van der Waals surface area (Å²) in [6, 6.07) is 12.2. The molecule has 3 N–H and O–H groups in total. The molecule has 0 amide bonds. The van der Waals surface area contributed by atoms with Crippen molar-refractivity contribution in [2.45, 2.75) is 19.5 Å². The summed E-state index contributed by atoms with van der Waals surface area (Å²) >= 11 is 0. The van der Waals surface area contributed by atoms with E-state index in [2.05, 4.69) is 0 Å². The van der Waals surface area contributed by atoms with Gasteiger partial charge < -0.3 is 15.3 Å². The molecule has 0 atom stereocenters. The predicted octanol–water partition coefficient (Wildman–Crippen LogP) is 5.15. The van der Waals surface area contributed by atoms with E-state index >= 15 is 0 Å². The maximum Gasteiger partial charge on any atom is 0.416 e. The molecule has 3 nitrogen and oxygen atoms in total. The summed E-state index contributed by atoms with van der Waals surface area (Å²) in [5.41, 5.74) is 7.18. The van der Waals surface area contributed by atoms with Gasteiger partial charge in [-0.15, -0.1) is 0 Å². The van der Waals surface area contributed by atoms with E-state index in [0.29, 0.717) is 0 Å². The van der Waals surface area contributed by atoms with Crippen molar-refractivity contribution in [3.63, 3.8) is 0 Å². The van der Waals surface area contributed by atoms with Crippen LogP contribution in [-0.4, -0.2) is 5.11 Å². The maximum atomic E-state index is 12.9. The van der Waals surface area contributed by atoms with Gasteiger partial charge in [0, 0.05) is 6.42 Å². The molecule has 3 rings (SSSR count). The Hall–Kier alpha value is -2.89. The van der Waals surface area contributed by atoms with E-state index in [-0.39, 0.29) is 34.9 Å². The van der Waals surface area contributed by atoms with Gasteiger partial charge in [-0.2, -0.15) is 13.2 Å². The number of benzene rings is 2. The number of halogens is 3. The van der Waals surface area contributed by atoms with Crippen molar-refractivity contribution in [2.24, 2.45) is 0 Å². The molecule has 0 fully saturated rings. The second-order valence-corrected chi connectivity index (χ2v) is 5.86. The fourth-order valence-electron chi connectivity index (χ4n) is 2.75. The van der Waals surface area contributed by atoms with Crippen LogP contribution in [0.2, 0.25) is 0 Å². The largest absolute Gasteiger partial charge is 0.504 e. The van der Waals surface area contributed by atoms with Gasteiger partial charge in [0.2, 0.25) is 5.88 Å². The average Bonchev–Trinajstić information content (AvgIpc) is 2.81. The minimum absolute atomic E-state index is 0.0775. The number of nitrogen functional groups attached to an aromatic ring is 1. The molecule has 0 unspecified atom stereocenters. The Labute approximate surface area is 142 Å². The highest BCUT2D eigenvalue weighted by Crippen LogP contribution is 2.42. The standard InChI is InChI=1S/C19H16F3NO2/c1-11-4-2-5-12(8-11)9-15-17(24)16(18(23)25-15)13-6-3-7-14(10-13)19(20,21)22/h2-8,10,24H,9,23H2,1H3. The van der Waals surface area contributed by atoms with E-state index in [9.17, 15) is 18.3 Å². The highest BCUT2D eigenvalue weighted by molar-refractivity contribution is 5.80. The Kier molecular flexibility index (Phi) is 4.20. The predicted molar refractivity (Wildman–Crippen MR) is 89.2 cm³/mol. The molecule has 0 aliphatic carbocycles. The van der Waals surface area contributed by atoms with Crippen LogP contribution in [0.1, 0.15) is 22.5 Å². The Bertz CT molecular complexity index is 913. The number of aryl methyl sites for hydroxylation is 1. The van der Waals surface area contributed by atoms with E-state index in [0.717, 1.165) is 23.3 Å². The van der Waals surface area contributed by atoms with Crippen LogP contribution in [0, 0.1) is 6.92 Å². The van der Waals surface area contributed by atoms with Crippen LogP contribution in [0.5, 0.6) is 5.75 Å². The molecular weight excluding hydrogens is 331 g/mol. The van der Waals surface area contributed by atoms with Crippen LogP contribution < -0.4 is 5.73 Å². The monoisotopic (exact) mass is 347 g/mol. The van der Waals surface area contributed by atoms with Crippen LogP contribution in [0.15, 0.2) is 52.9 Å². The van der Waals surface area contributed by atoms with Gasteiger partial charge in [-0.3, -0.25) is 0 Å². The van der Waals surface area contributed by atoms with Crippen molar-refractivity contribution in [1.29, 1.82) is 0 Å². The van der Waals surface area contributed by atoms with Crippen molar-refractivity contribution in [2.75, 3.05) is 5.73 Å². The van der Waals surface area contributed by atoms with Crippen molar-refractivity contribution < 1.29 is 22.7 Å². The van der Waals surface area contributed by atoms with Gasteiger partial charge in [0.1, 0.15) is 0 Å². The number of nitrogens with two attached hydrogens (primary N) is 1. The Morgan fingerprint density at radius 2 is 1.80 bits per heavy atom. The van der Waals surface area contributed by atoms with E-state index in [1.807, 2.05) is 31.2 Å². The zero-order valence-electron chi connectivity index (χ0n) is 13.4. The van der Waals surface area contributed by atoms with Crippen molar-refractivity contribution >= 4 is 5.88 Å². The summed E-state index contributed by atoms with van der Waals surface area (Å²) in [7, 11) is 0. The number of alkyl halides is 3. The second kappa shape index (κ2) is 6.20. The third-order valence-electron chi connectivity index (χ3n) is 3.91. The lowest BCUT2D eigenvalue weighted by Crippen LogP contribution is -2.04. The molecule has 2 aromatic carbocycles. The molecule has 0 radical (unpaired) electrons. The quantitative estimate of drug-likeness (QED) is 0.689. The normalized spacial score (nSPS) is 11.7. The van der Waals surface area contributed by atoms with Gasteiger partial charge >= 0.3 is 6.18 Å². The Balaban J connectivity index is 2.00. The van der Waals surface area contributed by atoms with E-state index in [1.54, 1.807) is 0 Å². The highest BCUT2D eigenvalue weighted by atomic mass is 19.4. The lowest BCUT2D eigenvalue weighted by atomic mass is 10.0. The molecule has 1 heterocycles. The Morgan fingerprint density at radius 1 is 1.08 bits per heavy atom. The minimum atomic E-state index is -4.48. The topological polar surface area (TPSA) is 59.4 Å². The average molecular weight is 347 g/mol. The fraction of sp³-hybridized carbons (Fsp3) is 0.158. The summed E-state index contributed by atoms with van der Waals surface area (Å²) in [6.45, 7) is 1.94. The summed E-state index contributed by atoms with van der Waals surface area (Å²) in [4.78, 5) is 0. The SMILES string of the molecule is Cc1cccc(Cc2oc(N)c(-c3cccc(C(F)(F)F)c3)c2O)c1. The van der Waals surface area contributed by atoms with Crippen LogP contribution in [0.4, 0.5) is 19.1 Å². The first kappa shape index (κ1) is 17.0. The van der Waals surface area contributed by atoms with Gasteiger partial charge in [0.25, 0.3) is 0 Å². The lowest BCUT2D eigenvalue weighted by Gasteiger charge is -2.08. The highest BCUT2D eigenvalue weighted by Gasteiger charge is 2.31. The zero-order valence-corrected chi connectivity index (χ0v) is 13.4. The smallest absolute Gasteiger partial charge is 0.416 e. The van der Waals surface area contributed by atoms with Crippen molar-refractivity contribution in [3.8, 4) is 16.9 Å². The summed E-state index contributed by atoms with van der Waals surface area (Å²) < 4.78 is 44.1. The maximum absolute atomic E-state index is 12.9. The Morgan fingerprint density at radius 3 is 2.48 bits per heavy atom. The van der Waals surface area contributed by atoms with E-state index in [4.69, 9.17) is 10.2 Å². The first-order valence-electron chi connectivity index (χ1n) is 7.59. The van der Waals surface area contributed by atoms with Crippen LogP contribution in [0.3, 0.4) is 0 Å². The minimum Gasteiger partial charge on any atom is -0.504 e. The lowest BCUT2D eigenvalue weighted by molar-refractivity contribution is -0.137. The molecular formula is C19H16F3NO2. The number of hydrogen-bond acceptors (Lipinski definition) is 3. The van der Waals surface area contributed by atoms with E-state index < -0.39 is 11.7 Å². The molecule has 0 spiro atoms.